The Morgan fingerprint density at radius 2 is 1.64 bits per heavy atom. The summed E-state index contributed by atoms with van der Waals surface area (Å²) >= 11 is 0. The molecule has 7 heteroatoms. The molecule has 0 spiro atoms. The number of carbonyl (C=O) groups is 2. The molecule has 0 unspecified atom stereocenters. The van der Waals surface area contributed by atoms with Gasteiger partial charge >= 0.3 is 18.1 Å². The second kappa shape index (κ2) is 9.27. The van der Waals surface area contributed by atoms with E-state index in [1.807, 2.05) is 0 Å². The SMILES string of the molecule is COC(=O)N(C)C(NC(=O)NC1CCCCCCC1)=[N+](C)C. The van der Waals surface area contributed by atoms with Crippen LogP contribution in [0.15, 0.2) is 0 Å². The molecule has 0 heterocycles. The van der Waals surface area contributed by atoms with Crippen LogP contribution >= 0.6 is 0 Å². The van der Waals surface area contributed by atoms with Crippen molar-refractivity contribution >= 4 is 18.1 Å². The van der Waals surface area contributed by atoms with Crippen LogP contribution < -0.4 is 10.6 Å². The monoisotopic (exact) mass is 313 g/mol. The summed E-state index contributed by atoms with van der Waals surface area (Å²) in [7, 11) is 6.37. The average Bonchev–Trinajstić information content (AvgIpc) is 2.45. The highest BCUT2D eigenvalue weighted by Gasteiger charge is 2.27. The first kappa shape index (κ1) is 18.3. The van der Waals surface area contributed by atoms with Gasteiger partial charge in [-0.2, -0.15) is 10.2 Å². The number of methoxy groups -OCH3 is 1. The summed E-state index contributed by atoms with van der Waals surface area (Å²) in [5, 5.41) is 5.74. The smallest absolute Gasteiger partial charge is 0.441 e. The van der Waals surface area contributed by atoms with Crippen molar-refractivity contribution in [3.05, 3.63) is 0 Å². The first-order valence-electron chi connectivity index (χ1n) is 7.89. The van der Waals surface area contributed by atoms with Crippen molar-refractivity contribution in [1.29, 1.82) is 0 Å². The summed E-state index contributed by atoms with van der Waals surface area (Å²) in [5.41, 5.74) is 0. The first-order valence-corrected chi connectivity index (χ1v) is 7.89. The van der Waals surface area contributed by atoms with E-state index < -0.39 is 6.09 Å². The molecule has 0 radical (unpaired) electrons. The van der Waals surface area contributed by atoms with Gasteiger partial charge in [0, 0.05) is 6.04 Å². The summed E-state index contributed by atoms with van der Waals surface area (Å²) in [6.45, 7) is 0. The van der Waals surface area contributed by atoms with E-state index >= 15 is 0 Å². The fraction of sp³-hybridized carbons (Fsp3) is 0.800. The van der Waals surface area contributed by atoms with Crippen molar-refractivity contribution in [1.82, 2.24) is 15.5 Å². The predicted octanol–water partition coefficient (Wildman–Crippen LogP) is 1.72. The van der Waals surface area contributed by atoms with Crippen molar-refractivity contribution in [2.75, 3.05) is 28.3 Å². The van der Waals surface area contributed by atoms with Crippen LogP contribution in [0.2, 0.25) is 0 Å². The van der Waals surface area contributed by atoms with E-state index in [9.17, 15) is 9.59 Å². The fourth-order valence-electron chi connectivity index (χ4n) is 2.64. The molecular formula is C15H29N4O3+. The first-order chi connectivity index (χ1) is 10.5. The van der Waals surface area contributed by atoms with E-state index in [2.05, 4.69) is 15.4 Å². The van der Waals surface area contributed by atoms with Gasteiger partial charge in [0.15, 0.2) is 0 Å². The zero-order valence-corrected chi connectivity index (χ0v) is 14.1. The number of guanidine groups is 1. The van der Waals surface area contributed by atoms with E-state index in [-0.39, 0.29) is 12.1 Å². The van der Waals surface area contributed by atoms with E-state index in [1.54, 1.807) is 25.7 Å². The lowest BCUT2D eigenvalue weighted by atomic mass is 9.97. The molecule has 0 aromatic rings. The number of rotatable bonds is 1. The molecule has 0 aromatic carbocycles. The van der Waals surface area contributed by atoms with Crippen molar-refractivity contribution in [2.45, 2.75) is 51.0 Å². The standard InChI is InChI=1S/C15H28N4O3/c1-18(2)14(19(3)15(21)22-4)17-13(20)16-12-10-8-6-5-7-9-11-12/h12H,5-11H2,1-4H3,(H,16,20)/p+1. The minimum atomic E-state index is -0.532. The largest absolute Gasteiger partial charge is 0.478 e. The molecular weight excluding hydrogens is 284 g/mol. The zero-order chi connectivity index (χ0) is 16.5. The van der Waals surface area contributed by atoms with Crippen molar-refractivity contribution in [3.8, 4) is 0 Å². The van der Waals surface area contributed by atoms with Crippen LogP contribution in [0, 0.1) is 0 Å². The van der Waals surface area contributed by atoms with Crippen LogP contribution in [0.25, 0.3) is 0 Å². The molecule has 0 atom stereocenters. The second-order valence-electron chi connectivity index (χ2n) is 5.89. The summed E-state index contributed by atoms with van der Waals surface area (Å²) < 4.78 is 6.33. The molecule has 7 nitrogen and oxygen atoms in total. The normalized spacial score (nSPS) is 16.0. The summed E-state index contributed by atoms with van der Waals surface area (Å²) in [4.78, 5) is 25.1. The number of urea groups is 1. The Morgan fingerprint density at radius 3 is 2.14 bits per heavy atom. The van der Waals surface area contributed by atoms with Gasteiger partial charge in [-0.15, -0.1) is 0 Å². The number of ether oxygens (including phenoxy) is 1. The summed E-state index contributed by atoms with van der Waals surface area (Å²) in [6, 6.07) is -0.0860. The molecule has 3 amide bonds. The molecule has 2 N–H and O–H groups in total. The molecule has 0 aliphatic heterocycles. The third-order valence-corrected chi connectivity index (χ3v) is 3.86. The quantitative estimate of drug-likeness (QED) is 0.440. The second-order valence-corrected chi connectivity index (χ2v) is 5.89. The van der Waals surface area contributed by atoms with E-state index in [0.717, 1.165) is 25.7 Å². The van der Waals surface area contributed by atoms with Gasteiger partial charge in [-0.25, -0.2) is 9.59 Å². The number of nitrogens with zero attached hydrogens (tertiary/aromatic N) is 2. The molecule has 1 aliphatic carbocycles. The molecule has 1 aliphatic rings. The number of carbonyl (C=O) groups excluding carboxylic acids is 2. The van der Waals surface area contributed by atoms with Crippen molar-refractivity contribution in [3.63, 3.8) is 0 Å². The summed E-state index contributed by atoms with van der Waals surface area (Å²) in [6.07, 6.45) is 7.56. The zero-order valence-electron chi connectivity index (χ0n) is 14.1. The van der Waals surface area contributed by atoms with Crippen molar-refractivity contribution < 1.29 is 18.9 Å². The van der Waals surface area contributed by atoms with Gasteiger partial charge in [0.25, 0.3) is 0 Å². The van der Waals surface area contributed by atoms with E-state index in [4.69, 9.17) is 0 Å². The highest BCUT2D eigenvalue weighted by atomic mass is 16.5. The van der Waals surface area contributed by atoms with Gasteiger partial charge in [0.1, 0.15) is 0 Å². The maximum atomic E-state index is 12.2. The lowest BCUT2D eigenvalue weighted by Crippen LogP contribution is -2.53. The lowest BCUT2D eigenvalue weighted by molar-refractivity contribution is -0.471. The molecule has 1 saturated carbocycles. The van der Waals surface area contributed by atoms with Gasteiger partial charge in [0.2, 0.25) is 0 Å². The van der Waals surface area contributed by atoms with Gasteiger partial charge in [-0.1, -0.05) is 32.1 Å². The molecule has 0 saturated heterocycles. The Labute approximate surface area is 132 Å². The molecule has 0 bridgehead atoms. The Kier molecular flexibility index (Phi) is 7.70. The minimum absolute atomic E-state index is 0.201. The topological polar surface area (TPSA) is 73.7 Å². The van der Waals surface area contributed by atoms with Crippen LogP contribution in [0.3, 0.4) is 0 Å². The molecule has 1 fully saturated rings. The van der Waals surface area contributed by atoms with Crippen LogP contribution in [-0.4, -0.2) is 61.9 Å². The predicted molar refractivity (Wildman–Crippen MR) is 85.1 cm³/mol. The Balaban J connectivity index is 2.60. The molecule has 0 aromatic heterocycles. The van der Waals surface area contributed by atoms with Gasteiger partial charge in [-0.05, 0) is 12.8 Å². The number of hydrogen-bond donors (Lipinski definition) is 2. The third-order valence-electron chi connectivity index (χ3n) is 3.86. The average molecular weight is 313 g/mol. The third kappa shape index (κ3) is 5.91. The van der Waals surface area contributed by atoms with Crippen LogP contribution in [0.4, 0.5) is 9.59 Å². The van der Waals surface area contributed by atoms with Gasteiger partial charge in [-0.3, -0.25) is 4.58 Å². The van der Waals surface area contributed by atoms with Gasteiger partial charge in [0.05, 0.1) is 28.3 Å². The Hall–Kier alpha value is -1.79. The number of hydrogen-bond acceptors (Lipinski definition) is 3. The van der Waals surface area contributed by atoms with Crippen LogP contribution in [0.1, 0.15) is 44.9 Å². The number of nitrogens with one attached hydrogen (secondary N) is 2. The summed E-state index contributed by atoms with van der Waals surface area (Å²) in [5.74, 6) is 0.371. The Morgan fingerprint density at radius 1 is 1.09 bits per heavy atom. The lowest BCUT2D eigenvalue weighted by Gasteiger charge is -2.21. The maximum Gasteiger partial charge on any atom is 0.478 e. The maximum absolute atomic E-state index is 12.2. The molecule has 22 heavy (non-hydrogen) atoms. The highest BCUT2D eigenvalue weighted by molar-refractivity contribution is 6.00. The Bertz CT molecular complexity index is 411. The number of amides is 3. The van der Waals surface area contributed by atoms with Gasteiger partial charge < -0.3 is 10.1 Å². The highest BCUT2D eigenvalue weighted by Crippen LogP contribution is 2.16. The fourth-order valence-corrected chi connectivity index (χ4v) is 2.64. The van der Waals surface area contributed by atoms with Crippen LogP contribution in [-0.2, 0) is 4.74 Å². The molecule has 126 valence electrons. The van der Waals surface area contributed by atoms with E-state index in [1.165, 1.54) is 31.3 Å². The van der Waals surface area contributed by atoms with Crippen LogP contribution in [0.5, 0.6) is 0 Å². The van der Waals surface area contributed by atoms with Crippen molar-refractivity contribution in [2.24, 2.45) is 0 Å². The minimum Gasteiger partial charge on any atom is -0.441 e. The van der Waals surface area contributed by atoms with E-state index in [0.29, 0.717) is 5.96 Å². The molecule has 1 rings (SSSR count).